The van der Waals surface area contributed by atoms with Gasteiger partial charge in [-0.1, -0.05) is 17.7 Å². The van der Waals surface area contributed by atoms with Gasteiger partial charge in [-0.3, -0.25) is 14.4 Å². The fourth-order valence-corrected chi connectivity index (χ4v) is 4.13. The summed E-state index contributed by atoms with van der Waals surface area (Å²) in [6.45, 7) is 1.93. The van der Waals surface area contributed by atoms with Gasteiger partial charge in [0.25, 0.3) is 5.91 Å². The van der Waals surface area contributed by atoms with E-state index in [0.29, 0.717) is 11.4 Å². The van der Waals surface area contributed by atoms with Crippen molar-refractivity contribution in [2.24, 2.45) is 5.92 Å². The average Bonchev–Trinajstić information content (AvgIpc) is 3.46. The van der Waals surface area contributed by atoms with Gasteiger partial charge < -0.3 is 4.42 Å². The molecule has 2 amide bonds. The van der Waals surface area contributed by atoms with Gasteiger partial charge in [-0.15, -0.1) is 0 Å². The molecule has 0 aliphatic carbocycles. The molecule has 0 bridgehead atoms. The van der Waals surface area contributed by atoms with E-state index < -0.39 is 41.6 Å². The molecule has 3 aromatic rings. The minimum absolute atomic E-state index is 0.0612. The number of nitrogens with zero attached hydrogens (tertiary/aromatic N) is 2. The Morgan fingerprint density at radius 2 is 1.53 bits per heavy atom. The van der Waals surface area contributed by atoms with Crippen LogP contribution in [-0.4, -0.2) is 17.9 Å². The number of furan rings is 1. The van der Waals surface area contributed by atoms with Crippen molar-refractivity contribution < 1.29 is 32.0 Å². The number of fused-ring (bicyclic) bond motifs is 1. The molecule has 2 fully saturated rings. The van der Waals surface area contributed by atoms with Crippen LogP contribution in [0.15, 0.2) is 71.3 Å². The third-order valence-electron chi connectivity index (χ3n) is 5.69. The van der Waals surface area contributed by atoms with Crippen molar-refractivity contribution in [3.8, 4) is 0 Å². The highest BCUT2D eigenvalue weighted by Gasteiger charge is 2.61. The van der Waals surface area contributed by atoms with Gasteiger partial charge in [0.15, 0.2) is 6.10 Å². The lowest BCUT2D eigenvalue weighted by atomic mass is 9.94. The summed E-state index contributed by atoms with van der Waals surface area (Å²) >= 11 is 0. The number of amides is 2. The van der Waals surface area contributed by atoms with E-state index in [0.717, 1.165) is 34.7 Å². The van der Waals surface area contributed by atoms with E-state index >= 15 is 0 Å². The molecule has 2 aromatic carbocycles. The maximum atomic E-state index is 13.4. The van der Waals surface area contributed by atoms with Crippen molar-refractivity contribution in [1.82, 2.24) is 0 Å². The molecule has 6 nitrogen and oxygen atoms in total. The van der Waals surface area contributed by atoms with E-state index in [9.17, 15) is 22.8 Å². The maximum Gasteiger partial charge on any atom is 0.416 e. The van der Waals surface area contributed by atoms with Gasteiger partial charge >= 0.3 is 6.18 Å². The van der Waals surface area contributed by atoms with Gasteiger partial charge in [-0.25, -0.2) is 9.96 Å². The number of carbonyl (C=O) groups excluding carboxylic acids is 2. The summed E-state index contributed by atoms with van der Waals surface area (Å²) in [6.07, 6.45) is -4.18. The Hall–Kier alpha value is -3.59. The number of alkyl halides is 3. The summed E-state index contributed by atoms with van der Waals surface area (Å²) in [5.41, 5.74) is 0.873. The first kappa shape index (κ1) is 20.3. The van der Waals surface area contributed by atoms with Gasteiger partial charge in [0.1, 0.15) is 17.7 Å². The molecule has 0 radical (unpaired) electrons. The molecular formula is C23H17F3N2O4. The predicted molar refractivity (Wildman–Crippen MR) is 107 cm³/mol. The van der Waals surface area contributed by atoms with Crippen LogP contribution in [0.25, 0.3) is 0 Å². The van der Waals surface area contributed by atoms with Gasteiger partial charge in [0.05, 0.1) is 23.2 Å². The van der Waals surface area contributed by atoms with Crippen LogP contribution in [0.3, 0.4) is 0 Å². The molecule has 5 rings (SSSR count). The molecule has 2 saturated heterocycles. The summed E-state index contributed by atoms with van der Waals surface area (Å²) in [5, 5.41) is 1.49. The minimum atomic E-state index is -4.52. The molecule has 0 saturated carbocycles. The largest absolute Gasteiger partial charge is 0.467 e. The first-order valence-corrected chi connectivity index (χ1v) is 9.87. The number of rotatable bonds is 3. The number of imide groups is 1. The van der Waals surface area contributed by atoms with Crippen LogP contribution in [0.2, 0.25) is 0 Å². The zero-order valence-electron chi connectivity index (χ0n) is 16.7. The number of carbonyl (C=O) groups is 2. The number of hydrogen-bond donors (Lipinski definition) is 0. The molecule has 0 unspecified atom stereocenters. The average molecular weight is 442 g/mol. The van der Waals surface area contributed by atoms with E-state index in [1.165, 1.54) is 11.3 Å². The Balaban J connectivity index is 1.51. The molecule has 0 spiro atoms. The second-order valence-electron chi connectivity index (χ2n) is 7.73. The van der Waals surface area contributed by atoms with Gasteiger partial charge in [0, 0.05) is 0 Å². The Bertz CT molecular complexity index is 1160. The lowest BCUT2D eigenvalue weighted by Crippen LogP contribution is -2.37. The van der Waals surface area contributed by atoms with Crippen LogP contribution < -0.4 is 9.96 Å². The Morgan fingerprint density at radius 1 is 0.875 bits per heavy atom. The Kier molecular flexibility index (Phi) is 4.59. The number of hydrogen-bond acceptors (Lipinski definition) is 5. The summed E-state index contributed by atoms with van der Waals surface area (Å²) in [6, 6.07) is 13.9. The highest BCUT2D eigenvalue weighted by Crippen LogP contribution is 2.47. The molecule has 1 aromatic heterocycles. The third-order valence-corrected chi connectivity index (χ3v) is 5.69. The predicted octanol–water partition coefficient (Wildman–Crippen LogP) is 4.66. The van der Waals surface area contributed by atoms with Crippen molar-refractivity contribution in [3.63, 3.8) is 0 Å². The van der Waals surface area contributed by atoms with Crippen LogP contribution in [-0.2, 0) is 20.6 Å². The number of hydroxylamine groups is 1. The quantitative estimate of drug-likeness (QED) is 0.553. The van der Waals surface area contributed by atoms with Crippen molar-refractivity contribution in [2.45, 2.75) is 25.2 Å². The van der Waals surface area contributed by atoms with E-state index in [-0.39, 0.29) is 5.69 Å². The maximum absolute atomic E-state index is 13.4. The summed E-state index contributed by atoms with van der Waals surface area (Å²) in [7, 11) is 0. The number of aryl methyl sites for hydroxylation is 1. The minimum Gasteiger partial charge on any atom is -0.467 e. The molecular weight excluding hydrogens is 425 g/mol. The number of benzene rings is 2. The second-order valence-corrected chi connectivity index (χ2v) is 7.73. The lowest BCUT2D eigenvalue weighted by molar-refractivity contribution is -0.137. The fraction of sp³-hybridized carbons (Fsp3) is 0.217. The van der Waals surface area contributed by atoms with Crippen LogP contribution in [0.1, 0.15) is 22.9 Å². The van der Waals surface area contributed by atoms with Crippen molar-refractivity contribution in [3.05, 3.63) is 83.8 Å². The molecule has 3 heterocycles. The van der Waals surface area contributed by atoms with E-state index in [2.05, 4.69) is 0 Å². The highest BCUT2D eigenvalue weighted by atomic mass is 19.4. The smallest absolute Gasteiger partial charge is 0.416 e. The van der Waals surface area contributed by atoms with Crippen LogP contribution in [0.5, 0.6) is 0 Å². The molecule has 0 N–H and O–H groups in total. The van der Waals surface area contributed by atoms with Crippen LogP contribution in [0.4, 0.5) is 24.5 Å². The fourth-order valence-electron chi connectivity index (χ4n) is 4.13. The van der Waals surface area contributed by atoms with Gasteiger partial charge in [0.2, 0.25) is 5.91 Å². The molecule has 9 heteroatoms. The van der Waals surface area contributed by atoms with Crippen molar-refractivity contribution >= 4 is 23.2 Å². The Labute approximate surface area is 180 Å². The highest BCUT2D eigenvalue weighted by molar-refractivity contribution is 6.23. The molecule has 2 aliphatic rings. The van der Waals surface area contributed by atoms with Gasteiger partial charge in [-0.2, -0.15) is 13.2 Å². The normalized spacial score (nSPS) is 23.2. The van der Waals surface area contributed by atoms with E-state index in [1.807, 2.05) is 31.2 Å². The number of halogens is 3. The second kappa shape index (κ2) is 7.23. The zero-order valence-corrected chi connectivity index (χ0v) is 16.7. The monoisotopic (exact) mass is 442 g/mol. The Morgan fingerprint density at radius 3 is 2.12 bits per heavy atom. The van der Waals surface area contributed by atoms with E-state index in [4.69, 9.17) is 9.25 Å². The lowest BCUT2D eigenvalue weighted by Gasteiger charge is -2.27. The topological polar surface area (TPSA) is 63.0 Å². The zero-order chi connectivity index (χ0) is 22.6. The third kappa shape index (κ3) is 3.16. The number of anilines is 2. The van der Waals surface area contributed by atoms with Crippen molar-refractivity contribution in [2.75, 3.05) is 9.96 Å². The molecule has 164 valence electrons. The van der Waals surface area contributed by atoms with Crippen LogP contribution in [0, 0.1) is 12.8 Å². The SMILES string of the molecule is Cc1ccc(N2O[C@@H]3C(=O)N(c4ccc(C(F)(F)F)cc4)C(=O)[C@H]3[C@@H]2c2ccco2)cc1. The molecule has 2 aliphatic heterocycles. The van der Waals surface area contributed by atoms with Gasteiger partial charge in [-0.05, 0) is 55.5 Å². The molecule has 32 heavy (non-hydrogen) atoms. The first-order chi connectivity index (χ1) is 15.3. The standard InChI is InChI=1S/C23H17F3N2O4/c1-13-4-8-16(9-5-13)28-19(17-3-2-12-31-17)18-20(32-28)22(30)27(21(18)29)15-10-6-14(7-11-15)23(24,25)26/h2-12,18-20H,1H3/t18-,19-,20-/m0/s1. The first-order valence-electron chi connectivity index (χ1n) is 9.87. The molecule has 3 atom stereocenters. The summed E-state index contributed by atoms with van der Waals surface area (Å²) in [4.78, 5) is 33.3. The van der Waals surface area contributed by atoms with Crippen LogP contribution >= 0.6 is 0 Å². The van der Waals surface area contributed by atoms with E-state index in [1.54, 1.807) is 12.1 Å². The summed E-state index contributed by atoms with van der Waals surface area (Å²) in [5.74, 6) is -1.67. The summed E-state index contributed by atoms with van der Waals surface area (Å²) < 4.78 is 44.2. The van der Waals surface area contributed by atoms with Crippen molar-refractivity contribution in [1.29, 1.82) is 0 Å².